The molecule has 0 atom stereocenters. The monoisotopic (exact) mass is 416 g/mol. The first-order chi connectivity index (χ1) is 12.6. The van der Waals surface area contributed by atoms with Crippen molar-refractivity contribution in [2.45, 2.75) is 39.5 Å². The maximum atomic E-state index is 12.2. The van der Waals surface area contributed by atoms with Crippen LogP contribution in [0.3, 0.4) is 0 Å². The van der Waals surface area contributed by atoms with Gasteiger partial charge in [0.2, 0.25) is 0 Å². The van der Waals surface area contributed by atoms with Gasteiger partial charge >= 0.3 is 0 Å². The minimum absolute atomic E-state index is 0.238. The molecule has 1 amide bonds. The Morgan fingerprint density at radius 3 is 2.46 bits per heavy atom. The van der Waals surface area contributed by atoms with Crippen molar-refractivity contribution in [3.8, 4) is 0 Å². The van der Waals surface area contributed by atoms with E-state index in [1.54, 1.807) is 36.6 Å². The van der Waals surface area contributed by atoms with Gasteiger partial charge in [-0.1, -0.05) is 51.7 Å². The highest BCUT2D eigenvalue weighted by Gasteiger charge is 2.11. The van der Waals surface area contributed by atoms with E-state index in [1.165, 1.54) is 25.7 Å². The molecular formula is C21H25BrN2O2. The molecule has 0 saturated carbocycles. The maximum absolute atomic E-state index is 12.2. The second-order valence-corrected chi connectivity index (χ2v) is 6.90. The van der Waals surface area contributed by atoms with Gasteiger partial charge in [-0.05, 0) is 46.3 Å². The Balaban J connectivity index is 0.000000352. The molecule has 0 aliphatic heterocycles. The summed E-state index contributed by atoms with van der Waals surface area (Å²) >= 11 is 3.42. The zero-order chi connectivity index (χ0) is 18.9. The molecule has 138 valence electrons. The number of unbranched alkanes of at least 4 members (excludes halogenated alkanes) is 3. The van der Waals surface area contributed by atoms with Crippen LogP contribution in [0, 0.1) is 0 Å². The molecule has 0 aliphatic rings. The molecule has 1 heterocycles. The number of halogens is 1. The van der Waals surface area contributed by atoms with Crippen molar-refractivity contribution in [2.75, 3.05) is 11.1 Å². The summed E-state index contributed by atoms with van der Waals surface area (Å²) in [7, 11) is 0. The van der Waals surface area contributed by atoms with Gasteiger partial charge in [-0.15, -0.1) is 0 Å². The minimum Gasteiger partial charge on any atom is -0.463 e. The first kappa shape index (κ1) is 20.0. The molecule has 26 heavy (non-hydrogen) atoms. The molecule has 2 aromatic carbocycles. The molecule has 0 bridgehead atoms. The van der Waals surface area contributed by atoms with E-state index in [0.29, 0.717) is 16.9 Å². The lowest BCUT2D eigenvalue weighted by Crippen LogP contribution is -2.13. The van der Waals surface area contributed by atoms with Gasteiger partial charge in [0, 0.05) is 16.8 Å². The van der Waals surface area contributed by atoms with Crippen molar-refractivity contribution in [3.63, 3.8) is 0 Å². The molecule has 0 unspecified atom stereocenters. The molecule has 0 spiro atoms. The fraction of sp³-hybridized carbons (Fsp3) is 0.286. The molecule has 0 fully saturated rings. The third kappa shape index (κ3) is 5.36. The van der Waals surface area contributed by atoms with Crippen LogP contribution in [0.2, 0.25) is 0 Å². The number of furan rings is 1. The third-order valence-corrected chi connectivity index (χ3v) is 4.52. The number of benzene rings is 2. The number of fused-ring (bicyclic) bond motifs is 1. The summed E-state index contributed by atoms with van der Waals surface area (Å²) in [6, 6.07) is 12.4. The second kappa shape index (κ2) is 10.0. The average molecular weight is 417 g/mol. The highest BCUT2D eigenvalue weighted by atomic mass is 79.9. The van der Waals surface area contributed by atoms with Crippen LogP contribution in [0.25, 0.3) is 11.0 Å². The summed E-state index contributed by atoms with van der Waals surface area (Å²) in [6.45, 7) is 4.46. The molecule has 0 aliphatic carbocycles. The van der Waals surface area contributed by atoms with Gasteiger partial charge in [0.25, 0.3) is 5.91 Å². The topological polar surface area (TPSA) is 68.3 Å². The van der Waals surface area contributed by atoms with E-state index in [9.17, 15) is 4.79 Å². The molecule has 1 aromatic heterocycles. The Morgan fingerprint density at radius 2 is 1.81 bits per heavy atom. The minimum atomic E-state index is -0.238. The number of para-hydroxylation sites is 1. The summed E-state index contributed by atoms with van der Waals surface area (Å²) in [6.07, 6.45) is 7.14. The van der Waals surface area contributed by atoms with Crippen molar-refractivity contribution in [1.29, 1.82) is 0 Å². The van der Waals surface area contributed by atoms with Gasteiger partial charge in [-0.25, -0.2) is 0 Å². The lowest BCUT2D eigenvalue weighted by Gasteiger charge is -2.08. The van der Waals surface area contributed by atoms with Crippen LogP contribution in [0.4, 0.5) is 11.4 Å². The summed E-state index contributed by atoms with van der Waals surface area (Å²) in [4.78, 5) is 12.2. The van der Waals surface area contributed by atoms with Gasteiger partial charge in [-0.3, -0.25) is 4.79 Å². The van der Waals surface area contributed by atoms with Crippen LogP contribution in [0.15, 0.2) is 57.6 Å². The fourth-order valence-corrected chi connectivity index (χ4v) is 3.08. The number of anilines is 2. The number of nitrogens with one attached hydrogen (secondary N) is 1. The number of carbonyl (C=O) groups excluding carboxylic acids is 1. The van der Waals surface area contributed by atoms with Gasteiger partial charge in [0.1, 0.15) is 5.58 Å². The van der Waals surface area contributed by atoms with Gasteiger partial charge in [-0.2, -0.15) is 0 Å². The number of nitrogen functional groups attached to an aromatic ring is 1. The van der Waals surface area contributed by atoms with E-state index >= 15 is 0 Å². The van der Waals surface area contributed by atoms with E-state index in [2.05, 4.69) is 35.1 Å². The van der Waals surface area contributed by atoms with E-state index < -0.39 is 0 Å². The molecule has 3 rings (SSSR count). The lowest BCUT2D eigenvalue weighted by atomic mass is 10.1. The standard InChI is InChI=1S/C15H11BrN2O2.C6H14/c16-12-8-10(7-9-5-6-20-14(9)12)18-15(19)11-3-1-2-4-13(11)17;1-3-5-6-4-2/h1-8H,17H2,(H,18,19);3-6H2,1-2H3. The Labute approximate surface area is 162 Å². The van der Waals surface area contributed by atoms with Crippen LogP contribution >= 0.6 is 15.9 Å². The number of nitrogens with two attached hydrogens (primary N) is 1. The first-order valence-electron chi connectivity index (χ1n) is 8.89. The van der Waals surface area contributed by atoms with Crippen molar-refractivity contribution in [3.05, 3.63) is 58.8 Å². The predicted molar refractivity (Wildman–Crippen MR) is 113 cm³/mol. The average Bonchev–Trinajstić information content (AvgIpc) is 3.10. The Kier molecular flexibility index (Phi) is 7.73. The fourth-order valence-electron chi connectivity index (χ4n) is 2.51. The summed E-state index contributed by atoms with van der Waals surface area (Å²) in [5.74, 6) is -0.238. The van der Waals surface area contributed by atoms with Crippen LogP contribution in [0.5, 0.6) is 0 Å². The quantitative estimate of drug-likeness (QED) is 0.362. The zero-order valence-corrected chi connectivity index (χ0v) is 16.8. The lowest BCUT2D eigenvalue weighted by molar-refractivity contribution is 0.102. The highest BCUT2D eigenvalue weighted by molar-refractivity contribution is 9.10. The van der Waals surface area contributed by atoms with E-state index in [1.807, 2.05) is 12.1 Å². The normalized spacial score (nSPS) is 10.3. The van der Waals surface area contributed by atoms with Crippen molar-refractivity contribution >= 4 is 44.2 Å². The summed E-state index contributed by atoms with van der Waals surface area (Å²) in [5.41, 5.74) is 8.13. The maximum Gasteiger partial charge on any atom is 0.257 e. The third-order valence-electron chi connectivity index (χ3n) is 3.93. The largest absolute Gasteiger partial charge is 0.463 e. The number of amides is 1. The summed E-state index contributed by atoms with van der Waals surface area (Å²) < 4.78 is 6.12. The molecule has 0 radical (unpaired) electrons. The van der Waals surface area contributed by atoms with Gasteiger partial charge in [0.15, 0.2) is 0 Å². The van der Waals surface area contributed by atoms with Crippen LogP contribution < -0.4 is 11.1 Å². The van der Waals surface area contributed by atoms with Crippen molar-refractivity contribution < 1.29 is 9.21 Å². The second-order valence-electron chi connectivity index (χ2n) is 6.05. The molecule has 3 aromatic rings. The highest BCUT2D eigenvalue weighted by Crippen LogP contribution is 2.29. The molecule has 5 heteroatoms. The smallest absolute Gasteiger partial charge is 0.257 e. The van der Waals surface area contributed by atoms with Gasteiger partial charge in [0.05, 0.1) is 16.3 Å². The van der Waals surface area contributed by atoms with E-state index in [4.69, 9.17) is 10.2 Å². The van der Waals surface area contributed by atoms with E-state index in [-0.39, 0.29) is 5.91 Å². The van der Waals surface area contributed by atoms with Crippen molar-refractivity contribution in [2.24, 2.45) is 0 Å². The van der Waals surface area contributed by atoms with Crippen LogP contribution in [-0.2, 0) is 0 Å². The van der Waals surface area contributed by atoms with Crippen LogP contribution in [0.1, 0.15) is 49.9 Å². The molecular weight excluding hydrogens is 392 g/mol. The molecule has 4 nitrogen and oxygen atoms in total. The Hall–Kier alpha value is -2.27. The zero-order valence-electron chi connectivity index (χ0n) is 15.2. The SMILES string of the molecule is CCCCCC.Nc1ccccc1C(=O)Nc1cc(Br)c2occc2c1. The number of hydrogen-bond acceptors (Lipinski definition) is 3. The first-order valence-corrected chi connectivity index (χ1v) is 9.68. The Bertz CT molecular complexity index is 854. The Morgan fingerprint density at radius 1 is 1.12 bits per heavy atom. The van der Waals surface area contributed by atoms with E-state index in [0.717, 1.165) is 15.4 Å². The summed E-state index contributed by atoms with van der Waals surface area (Å²) in [5, 5.41) is 3.74. The number of carbonyl (C=O) groups is 1. The van der Waals surface area contributed by atoms with Crippen molar-refractivity contribution in [1.82, 2.24) is 0 Å². The molecule has 0 saturated heterocycles. The molecule has 3 N–H and O–H groups in total. The number of rotatable bonds is 5. The van der Waals surface area contributed by atoms with Crippen LogP contribution in [-0.4, -0.2) is 5.91 Å². The predicted octanol–water partition coefficient (Wildman–Crippen LogP) is 6.62. The van der Waals surface area contributed by atoms with Gasteiger partial charge < -0.3 is 15.5 Å². The number of hydrogen-bond donors (Lipinski definition) is 2.